The Balaban J connectivity index is 1.83. The number of carbonyl (C=O) groups excluding carboxylic acids is 4. The zero-order chi connectivity index (χ0) is 18.8. The van der Waals surface area contributed by atoms with Gasteiger partial charge in [0, 0.05) is 4.90 Å². The third-order valence-corrected chi connectivity index (χ3v) is 4.94. The molecule has 2 aromatic rings. The van der Waals surface area contributed by atoms with Gasteiger partial charge in [-0.05, 0) is 31.2 Å². The monoisotopic (exact) mass is 370 g/mol. The number of hydrogen-bond donors (Lipinski definition) is 1. The molecule has 3 rings (SSSR count). The second-order valence-corrected chi connectivity index (χ2v) is 6.87. The van der Waals surface area contributed by atoms with Gasteiger partial charge in [0.25, 0.3) is 11.8 Å². The van der Waals surface area contributed by atoms with Crippen LogP contribution in [0.4, 0.5) is 0 Å². The van der Waals surface area contributed by atoms with Crippen molar-refractivity contribution in [2.45, 2.75) is 17.1 Å². The topological polar surface area (TPSA) is 107 Å². The van der Waals surface area contributed by atoms with Gasteiger partial charge < -0.3 is 10.6 Å². The van der Waals surface area contributed by atoms with Crippen LogP contribution in [0.15, 0.2) is 53.4 Å². The highest BCUT2D eigenvalue weighted by Crippen LogP contribution is 2.29. The number of imide groups is 1. The molecule has 0 spiro atoms. The Bertz CT molecular complexity index is 892. The number of nitrogens with two attached hydrogens (primary N) is 1. The Labute approximate surface area is 153 Å². The van der Waals surface area contributed by atoms with E-state index in [1.165, 1.54) is 18.2 Å². The molecule has 0 saturated carbocycles. The van der Waals surface area contributed by atoms with Crippen molar-refractivity contribution >= 4 is 35.5 Å². The van der Waals surface area contributed by atoms with Crippen LogP contribution in [0.5, 0.6) is 0 Å². The van der Waals surface area contributed by atoms with Crippen molar-refractivity contribution in [2.24, 2.45) is 5.73 Å². The van der Waals surface area contributed by atoms with Crippen LogP contribution >= 0.6 is 11.8 Å². The van der Waals surface area contributed by atoms with E-state index in [2.05, 4.69) is 0 Å². The van der Waals surface area contributed by atoms with E-state index in [0.717, 1.165) is 11.8 Å². The summed E-state index contributed by atoms with van der Waals surface area (Å²) in [6.45, 7) is 1.61. The zero-order valence-corrected chi connectivity index (χ0v) is 14.5. The Morgan fingerprint density at radius 1 is 1.00 bits per heavy atom. The van der Waals surface area contributed by atoms with Crippen molar-refractivity contribution in [1.82, 2.24) is 5.06 Å². The second kappa shape index (κ2) is 7.01. The van der Waals surface area contributed by atoms with Crippen molar-refractivity contribution in [3.05, 3.63) is 65.2 Å². The maximum atomic E-state index is 12.5. The predicted molar refractivity (Wildman–Crippen MR) is 93.3 cm³/mol. The van der Waals surface area contributed by atoms with E-state index in [0.29, 0.717) is 9.96 Å². The van der Waals surface area contributed by atoms with Gasteiger partial charge in [-0.2, -0.15) is 0 Å². The number of amides is 3. The summed E-state index contributed by atoms with van der Waals surface area (Å²) in [5.74, 6) is -2.80. The van der Waals surface area contributed by atoms with E-state index < -0.39 is 28.9 Å². The summed E-state index contributed by atoms with van der Waals surface area (Å²) in [4.78, 5) is 53.9. The quantitative estimate of drug-likeness (QED) is 0.637. The summed E-state index contributed by atoms with van der Waals surface area (Å²) >= 11 is 1.09. The normalized spacial score (nSPS) is 14.1. The first kappa shape index (κ1) is 17.7. The molecule has 1 aliphatic heterocycles. The summed E-state index contributed by atoms with van der Waals surface area (Å²) in [6.07, 6.45) is 0. The van der Waals surface area contributed by atoms with Crippen molar-refractivity contribution in [3.63, 3.8) is 0 Å². The van der Waals surface area contributed by atoms with E-state index >= 15 is 0 Å². The van der Waals surface area contributed by atoms with Crippen LogP contribution in [0.3, 0.4) is 0 Å². The number of hydrogen-bond acceptors (Lipinski definition) is 6. The standard InChI is InChI=1S/C18H14N2O5S/c1-10(15(19)21)26-14-9-5-4-8-13(14)18(24)25-20-16(22)11-6-2-3-7-12(11)17(20)23/h2-10H,1H3,(H2,19,21). The lowest BCUT2D eigenvalue weighted by Crippen LogP contribution is -2.33. The number of fused-ring (bicyclic) bond motifs is 1. The highest BCUT2D eigenvalue weighted by molar-refractivity contribution is 8.00. The average molecular weight is 370 g/mol. The number of primary amides is 1. The van der Waals surface area contributed by atoms with Crippen molar-refractivity contribution in [3.8, 4) is 0 Å². The molecule has 1 aliphatic rings. The van der Waals surface area contributed by atoms with Gasteiger partial charge in [0.2, 0.25) is 5.91 Å². The van der Waals surface area contributed by atoms with Gasteiger partial charge in [-0.15, -0.1) is 11.8 Å². The molecule has 2 aromatic carbocycles. The fraction of sp³-hybridized carbons (Fsp3) is 0.111. The number of thioether (sulfide) groups is 1. The minimum Gasteiger partial charge on any atom is -0.369 e. The van der Waals surface area contributed by atoms with E-state index in [4.69, 9.17) is 10.6 Å². The third-order valence-electron chi connectivity index (χ3n) is 3.74. The van der Waals surface area contributed by atoms with Crippen LogP contribution in [0.1, 0.15) is 38.0 Å². The largest absolute Gasteiger partial charge is 0.369 e. The maximum absolute atomic E-state index is 12.5. The van der Waals surface area contributed by atoms with Crippen LogP contribution in [0.25, 0.3) is 0 Å². The van der Waals surface area contributed by atoms with Gasteiger partial charge in [-0.1, -0.05) is 29.3 Å². The fourth-order valence-corrected chi connectivity index (χ4v) is 3.30. The fourth-order valence-electron chi connectivity index (χ4n) is 2.37. The van der Waals surface area contributed by atoms with Gasteiger partial charge in [0.1, 0.15) is 0 Å². The number of hydroxylamine groups is 2. The van der Waals surface area contributed by atoms with E-state index in [-0.39, 0.29) is 16.7 Å². The van der Waals surface area contributed by atoms with Gasteiger partial charge in [-0.25, -0.2) is 4.79 Å². The summed E-state index contributed by atoms with van der Waals surface area (Å²) in [6, 6.07) is 12.6. The number of rotatable bonds is 5. The molecule has 132 valence electrons. The Morgan fingerprint density at radius 2 is 1.54 bits per heavy atom. The molecule has 0 fully saturated rings. The number of carbonyl (C=O) groups is 4. The van der Waals surface area contributed by atoms with Gasteiger partial charge in [0.05, 0.1) is 21.9 Å². The molecule has 0 aromatic heterocycles. The maximum Gasteiger partial charge on any atom is 0.365 e. The summed E-state index contributed by atoms with van der Waals surface area (Å²) < 4.78 is 0. The lowest BCUT2D eigenvalue weighted by atomic mass is 10.1. The second-order valence-electron chi connectivity index (χ2n) is 5.49. The minimum atomic E-state index is -0.876. The molecule has 8 heteroatoms. The molecule has 0 saturated heterocycles. The van der Waals surface area contributed by atoms with E-state index in [1.807, 2.05) is 0 Å². The number of nitrogens with zero attached hydrogens (tertiary/aromatic N) is 1. The van der Waals surface area contributed by atoms with Crippen LogP contribution in [-0.4, -0.2) is 34.0 Å². The SMILES string of the molecule is CC(Sc1ccccc1C(=O)ON1C(=O)c2ccccc2C1=O)C(N)=O. The lowest BCUT2D eigenvalue weighted by Gasteiger charge is -2.15. The molecule has 1 unspecified atom stereocenters. The van der Waals surface area contributed by atoms with Crippen molar-refractivity contribution < 1.29 is 24.0 Å². The van der Waals surface area contributed by atoms with E-state index in [1.54, 1.807) is 37.3 Å². The molecule has 3 amide bonds. The zero-order valence-electron chi connectivity index (χ0n) is 13.7. The van der Waals surface area contributed by atoms with Crippen LogP contribution in [-0.2, 0) is 9.63 Å². The lowest BCUT2D eigenvalue weighted by molar-refractivity contribution is -0.117. The number of benzene rings is 2. The minimum absolute atomic E-state index is 0.127. The molecule has 26 heavy (non-hydrogen) atoms. The average Bonchev–Trinajstić information content (AvgIpc) is 2.87. The molecule has 1 heterocycles. The molecule has 0 bridgehead atoms. The molecular formula is C18H14N2O5S. The first-order valence-electron chi connectivity index (χ1n) is 7.65. The highest BCUT2D eigenvalue weighted by atomic mass is 32.2. The Morgan fingerprint density at radius 3 is 2.12 bits per heavy atom. The Hall–Kier alpha value is -3.13. The van der Waals surface area contributed by atoms with E-state index in [9.17, 15) is 19.2 Å². The molecule has 0 radical (unpaired) electrons. The third kappa shape index (κ3) is 3.18. The van der Waals surface area contributed by atoms with Crippen LogP contribution in [0, 0.1) is 0 Å². The summed E-state index contributed by atoms with van der Waals surface area (Å²) in [5, 5.41) is -0.116. The predicted octanol–water partition coefficient (Wildman–Crippen LogP) is 2.02. The first-order chi connectivity index (χ1) is 12.4. The molecular weight excluding hydrogens is 356 g/mol. The van der Waals surface area contributed by atoms with Crippen molar-refractivity contribution in [2.75, 3.05) is 0 Å². The molecule has 2 N–H and O–H groups in total. The molecule has 1 atom stereocenters. The van der Waals surface area contributed by atoms with Gasteiger partial charge >= 0.3 is 5.97 Å². The van der Waals surface area contributed by atoms with Crippen LogP contribution in [0.2, 0.25) is 0 Å². The molecule has 7 nitrogen and oxygen atoms in total. The van der Waals surface area contributed by atoms with Crippen LogP contribution < -0.4 is 5.73 Å². The summed E-state index contributed by atoms with van der Waals surface area (Å²) in [7, 11) is 0. The van der Waals surface area contributed by atoms with Gasteiger partial charge in [0.15, 0.2) is 0 Å². The van der Waals surface area contributed by atoms with Crippen molar-refractivity contribution in [1.29, 1.82) is 0 Å². The first-order valence-corrected chi connectivity index (χ1v) is 8.53. The summed E-state index contributed by atoms with van der Waals surface area (Å²) in [5.41, 5.74) is 5.73. The molecule has 0 aliphatic carbocycles. The Kier molecular flexibility index (Phi) is 4.77. The van der Waals surface area contributed by atoms with Gasteiger partial charge in [-0.3, -0.25) is 14.4 Å². The highest BCUT2D eigenvalue weighted by Gasteiger charge is 2.39. The smallest absolute Gasteiger partial charge is 0.365 e.